The van der Waals surface area contributed by atoms with Gasteiger partial charge < -0.3 is 0 Å². The summed E-state index contributed by atoms with van der Waals surface area (Å²) in [6, 6.07) is 5.19. The number of hydrogen-bond donors (Lipinski definition) is 0. The molecular formula is C35H46Cl2Zr. The van der Waals surface area contributed by atoms with E-state index < -0.39 is 21.3 Å². The van der Waals surface area contributed by atoms with Crippen LogP contribution in [0.15, 0.2) is 56.9 Å². The summed E-state index contributed by atoms with van der Waals surface area (Å²) in [5.41, 5.74) is 11.2. The fourth-order valence-corrected chi connectivity index (χ4v) is 17.3. The molecule has 0 aliphatic heterocycles. The van der Waals surface area contributed by atoms with E-state index in [0.29, 0.717) is 0 Å². The van der Waals surface area contributed by atoms with Crippen molar-refractivity contribution in [3.8, 4) is 0 Å². The van der Waals surface area contributed by atoms with Gasteiger partial charge in [-0.2, -0.15) is 0 Å². The van der Waals surface area contributed by atoms with Gasteiger partial charge in [-0.15, -0.1) is 24.8 Å². The largest absolute Gasteiger partial charge is 0.147 e. The number of halogens is 2. The minimum atomic E-state index is -2.14. The summed E-state index contributed by atoms with van der Waals surface area (Å²) in [5, 5.41) is 0. The van der Waals surface area contributed by atoms with Crippen LogP contribution in [0.4, 0.5) is 0 Å². The topological polar surface area (TPSA) is 0 Å². The van der Waals surface area contributed by atoms with E-state index in [1.807, 2.05) is 0 Å². The maximum absolute atomic E-state index is 2.82. The number of aryl methyl sites for hydroxylation is 1. The predicted octanol–water partition coefficient (Wildman–Crippen LogP) is 11.0. The normalized spacial score (nSPS) is 24.7. The van der Waals surface area contributed by atoms with E-state index in [0.717, 1.165) is 11.8 Å². The Morgan fingerprint density at radius 2 is 1.53 bits per heavy atom. The van der Waals surface area contributed by atoms with Crippen LogP contribution in [0.2, 0.25) is 3.12 Å². The second kappa shape index (κ2) is 12.4. The van der Waals surface area contributed by atoms with Crippen LogP contribution < -0.4 is 0 Å². The van der Waals surface area contributed by atoms with Gasteiger partial charge in [-0.05, 0) is 0 Å². The molecule has 204 valence electrons. The molecule has 0 spiro atoms. The Morgan fingerprint density at radius 1 is 0.868 bits per heavy atom. The molecule has 0 aromatic heterocycles. The van der Waals surface area contributed by atoms with Gasteiger partial charge in [0.05, 0.1) is 0 Å². The third-order valence-corrected chi connectivity index (χ3v) is 18.4. The molecule has 0 N–H and O–H groups in total. The number of rotatable bonds is 4. The van der Waals surface area contributed by atoms with Crippen molar-refractivity contribution < 1.29 is 21.3 Å². The molecule has 38 heavy (non-hydrogen) atoms. The average molecular weight is 629 g/mol. The smallest absolute Gasteiger partial charge is 0.147 e. The molecule has 3 heteroatoms. The second-order valence-electron chi connectivity index (χ2n) is 12.6. The summed E-state index contributed by atoms with van der Waals surface area (Å²) in [6.07, 6.45) is 30.6. The first-order chi connectivity index (χ1) is 17.5. The van der Waals surface area contributed by atoms with E-state index >= 15 is 0 Å². The van der Waals surface area contributed by atoms with Crippen LogP contribution in [0.1, 0.15) is 120 Å². The Balaban J connectivity index is 0.00000168. The van der Waals surface area contributed by atoms with Crippen LogP contribution >= 0.6 is 24.8 Å². The van der Waals surface area contributed by atoms with Crippen LogP contribution in [0.5, 0.6) is 0 Å². The Labute approximate surface area is 251 Å². The van der Waals surface area contributed by atoms with Crippen LogP contribution in [0.25, 0.3) is 11.6 Å². The zero-order valence-corrected chi connectivity index (χ0v) is 28.0. The van der Waals surface area contributed by atoms with Crippen molar-refractivity contribution in [2.45, 2.75) is 107 Å². The number of hydrogen-bond acceptors (Lipinski definition) is 0. The number of benzene rings is 1. The zero-order chi connectivity index (χ0) is 24.9. The summed E-state index contributed by atoms with van der Waals surface area (Å²) >= 11 is -2.14. The van der Waals surface area contributed by atoms with Crippen molar-refractivity contribution >= 4 is 39.7 Å². The molecule has 2 saturated carbocycles. The maximum Gasteiger partial charge on any atom is -0.147 e. The molecule has 1 aromatic carbocycles. The van der Waals surface area contributed by atoms with Gasteiger partial charge in [0.2, 0.25) is 0 Å². The van der Waals surface area contributed by atoms with Gasteiger partial charge in [-0.25, -0.2) is 0 Å². The van der Waals surface area contributed by atoms with Gasteiger partial charge in [-0.1, -0.05) is 0 Å². The standard InChI is InChI=1S/C27H33.C5H5.C3H6.2ClH.Zr/c1-18-13-22(20-9-5-3-6-10-20)15-26-24(18)17-25-19(2)14-23(16-27(25)26)21-11-7-4-8-12-21;1-2-4-5-3-1;1-3-2;;;/h13-17,20-21H,3-12H2,1-2H3;1-3H,4H2;1-2H3;2*1H;. The summed E-state index contributed by atoms with van der Waals surface area (Å²) in [7, 11) is 0. The molecule has 1 atom stereocenters. The first-order valence-corrected chi connectivity index (χ1v) is 18.5. The van der Waals surface area contributed by atoms with Gasteiger partial charge in [0, 0.05) is 0 Å². The van der Waals surface area contributed by atoms with E-state index in [-0.39, 0.29) is 27.9 Å². The molecule has 0 bridgehead atoms. The van der Waals surface area contributed by atoms with Crippen LogP contribution in [-0.2, 0) is 21.3 Å². The molecule has 5 aliphatic rings. The summed E-state index contributed by atoms with van der Waals surface area (Å²) in [4.78, 5) is 0. The van der Waals surface area contributed by atoms with Gasteiger partial charge in [0.1, 0.15) is 0 Å². The minimum Gasteiger partial charge on any atom is -0.147 e. The molecule has 0 heterocycles. The first kappa shape index (κ1) is 30.2. The Hall–Kier alpha value is -0.747. The van der Waals surface area contributed by atoms with Gasteiger partial charge in [0.25, 0.3) is 0 Å². The van der Waals surface area contributed by atoms with Gasteiger partial charge >= 0.3 is 229 Å². The SMILES string of the molecule is C[C](C)=[Zr]([C]1=CC=CC1)[C]1(C)C=C(C2CCCCC2)C=C2C1=Cc1c(C)cc(C3CCCCC3)cc12.Cl.Cl. The molecule has 2 fully saturated rings. The van der Waals surface area contributed by atoms with Gasteiger partial charge in [-0.3, -0.25) is 0 Å². The monoisotopic (exact) mass is 626 g/mol. The molecule has 5 aliphatic carbocycles. The molecular weight excluding hydrogens is 583 g/mol. The third kappa shape index (κ3) is 5.43. The number of fused-ring (bicyclic) bond motifs is 3. The minimum absolute atomic E-state index is 0. The first-order valence-electron chi connectivity index (χ1n) is 14.8. The van der Waals surface area contributed by atoms with E-state index in [2.05, 4.69) is 76.3 Å². The molecule has 0 radical (unpaired) electrons. The van der Waals surface area contributed by atoms with Crippen LogP contribution in [0.3, 0.4) is 0 Å². The fraction of sp³-hybridized carbons (Fsp3) is 0.514. The van der Waals surface area contributed by atoms with Crippen molar-refractivity contribution in [1.82, 2.24) is 0 Å². The van der Waals surface area contributed by atoms with E-state index in [9.17, 15) is 0 Å². The molecule has 0 nitrogen and oxygen atoms in total. The van der Waals surface area contributed by atoms with Crippen molar-refractivity contribution in [2.24, 2.45) is 5.92 Å². The Bertz CT molecular complexity index is 1250. The average Bonchev–Trinajstić information content (AvgIpc) is 3.54. The molecule has 1 aromatic rings. The van der Waals surface area contributed by atoms with Gasteiger partial charge in [0.15, 0.2) is 0 Å². The van der Waals surface area contributed by atoms with Crippen molar-refractivity contribution in [3.63, 3.8) is 0 Å². The summed E-state index contributed by atoms with van der Waals surface area (Å²) < 4.78 is 3.73. The van der Waals surface area contributed by atoms with E-state index in [1.165, 1.54) is 81.8 Å². The van der Waals surface area contributed by atoms with Crippen LogP contribution in [0, 0.1) is 12.8 Å². The van der Waals surface area contributed by atoms with Crippen LogP contribution in [-0.4, -0.2) is 3.21 Å². The molecule has 0 amide bonds. The van der Waals surface area contributed by atoms with Crippen molar-refractivity contribution in [3.05, 3.63) is 79.2 Å². The Kier molecular flexibility index (Phi) is 9.87. The molecule has 0 saturated heterocycles. The maximum atomic E-state index is 2.82. The molecule has 1 unspecified atom stereocenters. The fourth-order valence-electron chi connectivity index (χ4n) is 8.17. The quantitative estimate of drug-likeness (QED) is 0.311. The molecule has 6 rings (SSSR count). The van der Waals surface area contributed by atoms with E-state index in [4.69, 9.17) is 0 Å². The van der Waals surface area contributed by atoms with E-state index in [1.54, 1.807) is 34.3 Å². The number of allylic oxidation sites excluding steroid dienone is 9. The third-order valence-electron chi connectivity index (χ3n) is 9.87. The predicted molar refractivity (Wildman–Crippen MR) is 169 cm³/mol. The summed E-state index contributed by atoms with van der Waals surface area (Å²) in [6.45, 7) is 9.95. The summed E-state index contributed by atoms with van der Waals surface area (Å²) in [5.74, 6) is 1.53. The van der Waals surface area contributed by atoms with Crippen molar-refractivity contribution in [1.29, 1.82) is 0 Å². The zero-order valence-electron chi connectivity index (χ0n) is 23.9. The Morgan fingerprint density at radius 3 is 2.13 bits per heavy atom. The van der Waals surface area contributed by atoms with Crippen molar-refractivity contribution in [2.75, 3.05) is 0 Å². The second-order valence-corrected chi connectivity index (χ2v) is 21.1.